The predicted molar refractivity (Wildman–Crippen MR) is 77.2 cm³/mol. The highest BCUT2D eigenvalue weighted by Gasteiger charge is 2.29. The van der Waals surface area contributed by atoms with Crippen LogP contribution in [0, 0.1) is 0 Å². The van der Waals surface area contributed by atoms with E-state index in [4.69, 9.17) is 4.52 Å². The summed E-state index contributed by atoms with van der Waals surface area (Å²) in [7, 11) is 0. The van der Waals surface area contributed by atoms with Gasteiger partial charge in [0, 0.05) is 25.0 Å². The van der Waals surface area contributed by atoms with E-state index in [0.717, 1.165) is 31.0 Å². The Morgan fingerprint density at radius 2 is 2.15 bits per heavy atom. The number of pyridine rings is 1. The summed E-state index contributed by atoms with van der Waals surface area (Å²) in [6.07, 6.45) is 6.07. The van der Waals surface area contributed by atoms with Crippen LogP contribution in [-0.4, -0.2) is 21.6 Å². The molecule has 0 unspecified atom stereocenters. The fraction of sp³-hybridized carbons (Fsp3) is 0.500. The van der Waals surface area contributed by atoms with Crippen LogP contribution in [0.1, 0.15) is 55.7 Å². The van der Waals surface area contributed by atoms with Crippen molar-refractivity contribution >= 4 is 0 Å². The van der Waals surface area contributed by atoms with E-state index in [1.807, 2.05) is 12.4 Å². The Morgan fingerprint density at radius 3 is 2.85 bits per heavy atom. The van der Waals surface area contributed by atoms with E-state index in [0.29, 0.717) is 12.0 Å². The number of hydrogen-bond donors (Lipinski definition) is 0. The second kappa shape index (κ2) is 5.75. The van der Waals surface area contributed by atoms with E-state index < -0.39 is 0 Å². The molecule has 1 aliphatic heterocycles. The quantitative estimate of drug-likeness (QED) is 0.853. The summed E-state index contributed by atoms with van der Waals surface area (Å²) in [5.74, 6) is 1.43. The zero-order valence-corrected chi connectivity index (χ0v) is 12.1. The lowest BCUT2D eigenvalue weighted by Gasteiger charge is -2.22. The smallest absolute Gasteiger partial charge is 0.154 e. The highest BCUT2D eigenvalue weighted by molar-refractivity contribution is 5.15. The molecule has 2 aromatic heterocycles. The maximum Gasteiger partial charge on any atom is 0.154 e. The summed E-state index contributed by atoms with van der Waals surface area (Å²) in [6, 6.07) is 6.65. The molecule has 20 heavy (non-hydrogen) atoms. The Kier molecular flexibility index (Phi) is 3.83. The molecule has 0 amide bonds. The third-order valence-corrected chi connectivity index (χ3v) is 3.97. The molecule has 1 aliphatic rings. The second-order valence-corrected chi connectivity index (χ2v) is 5.79. The van der Waals surface area contributed by atoms with Crippen LogP contribution in [0.4, 0.5) is 0 Å². The minimum absolute atomic E-state index is 0.364. The molecule has 1 fully saturated rings. The van der Waals surface area contributed by atoms with Crippen LogP contribution in [0.25, 0.3) is 0 Å². The van der Waals surface area contributed by atoms with Gasteiger partial charge in [-0.1, -0.05) is 19.0 Å². The van der Waals surface area contributed by atoms with Gasteiger partial charge in [0.05, 0.1) is 11.7 Å². The highest BCUT2D eigenvalue weighted by atomic mass is 16.5. The van der Waals surface area contributed by atoms with E-state index in [1.165, 1.54) is 12.0 Å². The zero-order chi connectivity index (χ0) is 13.9. The fourth-order valence-electron chi connectivity index (χ4n) is 2.79. The number of rotatable bonds is 4. The average Bonchev–Trinajstić information content (AvgIpc) is 3.08. The summed E-state index contributed by atoms with van der Waals surface area (Å²) in [5.41, 5.74) is 2.35. The van der Waals surface area contributed by atoms with Crippen molar-refractivity contribution in [3.05, 3.63) is 47.6 Å². The number of nitrogens with zero attached hydrogens (tertiary/aromatic N) is 3. The maximum absolute atomic E-state index is 5.57. The van der Waals surface area contributed by atoms with Crippen LogP contribution in [-0.2, 0) is 6.54 Å². The van der Waals surface area contributed by atoms with E-state index in [2.05, 4.69) is 47.1 Å². The molecule has 1 atom stereocenters. The van der Waals surface area contributed by atoms with Crippen LogP contribution < -0.4 is 0 Å². The zero-order valence-electron chi connectivity index (χ0n) is 12.1. The van der Waals surface area contributed by atoms with Gasteiger partial charge in [-0.2, -0.15) is 0 Å². The minimum Gasteiger partial charge on any atom is -0.359 e. The van der Waals surface area contributed by atoms with Crippen LogP contribution in [0.3, 0.4) is 0 Å². The SMILES string of the molecule is CC(C)c1cc([C@H]2CCCN2Cc2ccncc2)on1. The van der Waals surface area contributed by atoms with Crippen LogP contribution in [0.2, 0.25) is 0 Å². The normalized spacial score (nSPS) is 19.9. The summed E-state index contributed by atoms with van der Waals surface area (Å²) >= 11 is 0. The largest absolute Gasteiger partial charge is 0.359 e. The lowest BCUT2D eigenvalue weighted by atomic mass is 10.1. The first kappa shape index (κ1) is 13.3. The van der Waals surface area contributed by atoms with Gasteiger partial charge >= 0.3 is 0 Å². The summed E-state index contributed by atoms with van der Waals surface area (Å²) in [5, 5.41) is 4.19. The van der Waals surface area contributed by atoms with Crippen LogP contribution >= 0.6 is 0 Å². The van der Waals surface area contributed by atoms with Crippen molar-refractivity contribution in [1.82, 2.24) is 15.0 Å². The number of aromatic nitrogens is 2. The van der Waals surface area contributed by atoms with Crippen molar-refractivity contribution in [2.75, 3.05) is 6.54 Å². The van der Waals surface area contributed by atoms with Crippen LogP contribution in [0.5, 0.6) is 0 Å². The van der Waals surface area contributed by atoms with E-state index >= 15 is 0 Å². The summed E-state index contributed by atoms with van der Waals surface area (Å²) in [4.78, 5) is 6.55. The van der Waals surface area contributed by atoms with E-state index in [9.17, 15) is 0 Å². The van der Waals surface area contributed by atoms with E-state index in [1.54, 1.807) is 0 Å². The van der Waals surface area contributed by atoms with Gasteiger partial charge in [0.25, 0.3) is 0 Å². The predicted octanol–water partition coefficient (Wildman–Crippen LogP) is 3.53. The third kappa shape index (κ3) is 2.75. The Labute approximate surface area is 119 Å². The summed E-state index contributed by atoms with van der Waals surface area (Å²) < 4.78 is 5.57. The molecule has 0 N–H and O–H groups in total. The topological polar surface area (TPSA) is 42.2 Å². The van der Waals surface area contributed by atoms with Gasteiger partial charge in [-0.3, -0.25) is 9.88 Å². The molecule has 1 saturated heterocycles. The van der Waals surface area contributed by atoms with Gasteiger partial charge < -0.3 is 4.52 Å². The lowest BCUT2D eigenvalue weighted by Crippen LogP contribution is -2.22. The van der Waals surface area contributed by atoms with E-state index in [-0.39, 0.29) is 0 Å². The third-order valence-electron chi connectivity index (χ3n) is 3.97. The summed E-state index contributed by atoms with van der Waals surface area (Å²) in [6.45, 7) is 6.35. The highest BCUT2D eigenvalue weighted by Crippen LogP contribution is 2.34. The molecule has 0 aliphatic carbocycles. The van der Waals surface area contributed by atoms with Gasteiger partial charge in [-0.15, -0.1) is 0 Å². The standard InChI is InChI=1S/C16H21N3O/c1-12(2)14-10-16(20-18-14)15-4-3-9-19(15)11-13-5-7-17-8-6-13/h5-8,10,12,15H,3-4,9,11H2,1-2H3/t15-/m1/s1. The molecule has 0 radical (unpaired) electrons. The Balaban J connectivity index is 1.74. The van der Waals surface area contributed by atoms with Gasteiger partial charge in [-0.05, 0) is 43.0 Å². The van der Waals surface area contributed by atoms with Crippen LogP contribution in [0.15, 0.2) is 35.1 Å². The minimum atomic E-state index is 0.364. The van der Waals surface area contributed by atoms with Crippen molar-refractivity contribution in [3.8, 4) is 0 Å². The molecule has 4 nitrogen and oxygen atoms in total. The molecule has 4 heteroatoms. The van der Waals surface area contributed by atoms with Gasteiger partial charge in [0.1, 0.15) is 0 Å². The first-order valence-corrected chi connectivity index (χ1v) is 7.33. The molecule has 0 aromatic carbocycles. The first-order valence-electron chi connectivity index (χ1n) is 7.33. The monoisotopic (exact) mass is 271 g/mol. The second-order valence-electron chi connectivity index (χ2n) is 5.79. The maximum atomic E-state index is 5.57. The number of hydrogen-bond acceptors (Lipinski definition) is 4. The van der Waals surface area contributed by atoms with Crippen molar-refractivity contribution in [1.29, 1.82) is 0 Å². The fourth-order valence-corrected chi connectivity index (χ4v) is 2.79. The van der Waals surface area contributed by atoms with Gasteiger partial charge in [0.2, 0.25) is 0 Å². The van der Waals surface area contributed by atoms with Crippen molar-refractivity contribution in [2.24, 2.45) is 0 Å². The Bertz CT molecular complexity index is 550. The van der Waals surface area contributed by atoms with Crippen molar-refractivity contribution in [2.45, 2.75) is 45.2 Å². The molecule has 0 spiro atoms. The molecular weight excluding hydrogens is 250 g/mol. The van der Waals surface area contributed by atoms with Crippen molar-refractivity contribution < 1.29 is 4.52 Å². The Morgan fingerprint density at radius 1 is 1.35 bits per heavy atom. The molecule has 3 heterocycles. The molecule has 3 rings (SSSR count). The van der Waals surface area contributed by atoms with Crippen molar-refractivity contribution in [3.63, 3.8) is 0 Å². The molecule has 106 valence electrons. The van der Waals surface area contributed by atoms with Gasteiger partial charge in [-0.25, -0.2) is 0 Å². The molecule has 0 bridgehead atoms. The average molecular weight is 271 g/mol. The van der Waals surface area contributed by atoms with Gasteiger partial charge in [0.15, 0.2) is 5.76 Å². The Hall–Kier alpha value is -1.68. The molecule has 0 saturated carbocycles. The number of likely N-dealkylation sites (tertiary alicyclic amines) is 1. The lowest BCUT2D eigenvalue weighted by molar-refractivity contribution is 0.206. The molecule has 2 aromatic rings. The molecular formula is C16H21N3O. The first-order chi connectivity index (χ1) is 9.74.